The fourth-order valence-electron chi connectivity index (χ4n) is 3.54. The maximum absolute atomic E-state index is 12.4. The van der Waals surface area contributed by atoms with Gasteiger partial charge >= 0.3 is 0 Å². The first-order valence-corrected chi connectivity index (χ1v) is 7.96. The summed E-state index contributed by atoms with van der Waals surface area (Å²) in [7, 11) is 0. The van der Waals surface area contributed by atoms with Crippen molar-refractivity contribution in [3.05, 3.63) is 11.1 Å². The molecule has 0 aromatic heterocycles. The highest BCUT2D eigenvalue weighted by molar-refractivity contribution is 6.30. The molecule has 3 aliphatic rings. The Morgan fingerprint density at radius 3 is 2.43 bits per heavy atom. The SMILES string of the molecule is Cl.O=C1C2CC=C(Cl)CC2C(=O)N1CCN1CCCCC1. The van der Waals surface area contributed by atoms with Crippen LogP contribution in [0.3, 0.4) is 0 Å². The topological polar surface area (TPSA) is 40.6 Å². The molecule has 2 amide bonds. The normalized spacial score (nSPS) is 30.0. The number of hydrogen-bond acceptors (Lipinski definition) is 3. The molecule has 2 fully saturated rings. The average Bonchev–Trinajstić information content (AvgIpc) is 2.70. The van der Waals surface area contributed by atoms with Gasteiger partial charge in [-0.2, -0.15) is 0 Å². The van der Waals surface area contributed by atoms with Gasteiger partial charge in [-0.1, -0.05) is 24.1 Å². The van der Waals surface area contributed by atoms with Crippen LogP contribution in [0.25, 0.3) is 0 Å². The van der Waals surface area contributed by atoms with Crippen LogP contribution in [0.4, 0.5) is 0 Å². The van der Waals surface area contributed by atoms with Gasteiger partial charge in [0.25, 0.3) is 0 Å². The van der Waals surface area contributed by atoms with Gasteiger partial charge < -0.3 is 4.90 Å². The number of halogens is 2. The van der Waals surface area contributed by atoms with Crippen LogP contribution in [-0.2, 0) is 9.59 Å². The molecule has 3 rings (SSSR count). The molecule has 2 saturated heterocycles. The van der Waals surface area contributed by atoms with Gasteiger partial charge in [-0.25, -0.2) is 0 Å². The van der Waals surface area contributed by atoms with Gasteiger partial charge in [0.05, 0.1) is 11.8 Å². The van der Waals surface area contributed by atoms with Crippen molar-refractivity contribution in [1.29, 1.82) is 0 Å². The van der Waals surface area contributed by atoms with E-state index in [1.165, 1.54) is 24.2 Å². The van der Waals surface area contributed by atoms with Gasteiger partial charge in [0, 0.05) is 18.1 Å². The fraction of sp³-hybridized carbons (Fsp3) is 0.733. The second-order valence-corrected chi connectivity index (χ2v) is 6.52. The Bertz CT molecular complexity index is 447. The second-order valence-electron chi connectivity index (χ2n) is 6.03. The molecule has 0 aromatic rings. The van der Waals surface area contributed by atoms with Crippen molar-refractivity contribution < 1.29 is 9.59 Å². The third-order valence-electron chi connectivity index (χ3n) is 4.75. The number of imide groups is 1. The number of likely N-dealkylation sites (tertiary alicyclic amines) is 2. The summed E-state index contributed by atoms with van der Waals surface area (Å²) in [6.07, 6.45) is 6.80. The van der Waals surface area contributed by atoms with Gasteiger partial charge in [0.1, 0.15) is 0 Å². The summed E-state index contributed by atoms with van der Waals surface area (Å²) < 4.78 is 0. The highest BCUT2D eigenvalue weighted by Gasteiger charge is 2.48. The highest BCUT2D eigenvalue weighted by atomic mass is 35.5. The fourth-order valence-corrected chi connectivity index (χ4v) is 3.80. The van der Waals surface area contributed by atoms with Gasteiger partial charge in [0.2, 0.25) is 11.8 Å². The number of fused-ring (bicyclic) bond motifs is 1. The van der Waals surface area contributed by atoms with Crippen LogP contribution < -0.4 is 0 Å². The summed E-state index contributed by atoms with van der Waals surface area (Å²) >= 11 is 6.01. The molecule has 2 atom stereocenters. The van der Waals surface area contributed by atoms with Crippen LogP contribution in [0.1, 0.15) is 32.1 Å². The Kier molecular flexibility index (Phi) is 5.69. The summed E-state index contributed by atoms with van der Waals surface area (Å²) in [6, 6.07) is 0. The van der Waals surface area contributed by atoms with Crippen molar-refractivity contribution in [2.75, 3.05) is 26.2 Å². The van der Waals surface area contributed by atoms with E-state index in [0.717, 1.165) is 24.7 Å². The lowest BCUT2D eigenvalue weighted by Crippen LogP contribution is -2.40. The number of carbonyl (C=O) groups excluding carboxylic acids is 2. The van der Waals surface area contributed by atoms with E-state index in [1.54, 1.807) is 0 Å². The zero-order chi connectivity index (χ0) is 14.1. The lowest BCUT2D eigenvalue weighted by Gasteiger charge is -2.28. The zero-order valence-corrected chi connectivity index (χ0v) is 13.7. The number of amides is 2. The minimum absolute atomic E-state index is 0. The average molecular weight is 333 g/mol. The molecule has 0 spiro atoms. The van der Waals surface area contributed by atoms with E-state index in [0.29, 0.717) is 19.4 Å². The smallest absolute Gasteiger partial charge is 0.233 e. The molecule has 0 aromatic carbocycles. The Morgan fingerprint density at radius 2 is 1.71 bits per heavy atom. The summed E-state index contributed by atoms with van der Waals surface area (Å²) in [5, 5.41) is 0.727. The molecule has 2 heterocycles. The molecule has 1 aliphatic carbocycles. The van der Waals surface area contributed by atoms with Gasteiger partial charge in [-0.15, -0.1) is 12.4 Å². The molecule has 0 bridgehead atoms. The number of hydrogen-bond donors (Lipinski definition) is 0. The standard InChI is InChI=1S/C15H21ClN2O2.ClH/c16-11-4-5-12-13(10-11)15(20)18(14(12)19)9-8-17-6-2-1-3-7-17;/h4,12-13H,1-3,5-10H2;1H. The second kappa shape index (κ2) is 7.12. The Labute approximate surface area is 136 Å². The van der Waals surface area contributed by atoms with Crippen molar-refractivity contribution >= 4 is 35.8 Å². The predicted octanol–water partition coefficient (Wildman–Crippen LogP) is 2.41. The first-order valence-electron chi connectivity index (χ1n) is 7.59. The molecule has 21 heavy (non-hydrogen) atoms. The minimum atomic E-state index is -0.207. The summed E-state index contributed by atoms with van der Waals surface area (Å²) in [6.45, 7) is 3.55. The molecule has 4 nitrogen and oxygen atoms in total. The van der Waals surface area contributed by atoms with E-state index in [-0.39, 0.29) is 36.1 Å². The first kappa shape index (κ1) is 16.8. The molecule has 2 aliphatic heterocycles. The van der Waals surface area contributed by atoms with E-state index < -0.39 is 0 Å². The summed E-state index contributed by atoms with van der Waals surface area (Å²) in [5.41, 5.74) is 0. The predicted molar refractivity (Wildman–Crippen MR) is 84.4 cm³/mol. The summed E-state index contributed by atoms with van der Waals surface area (Å²) in [5.74, 6) is -0.367. The largest absolute Gasteiger partial charge is 0.302 e. The van der Waals surface area contributed by atoms with Crippen molar-refractivity contribution in [1.82, 2.24) is 9.80 Å². The Hall–Kier alpha value is -0.580. The van der Waals surface area contributed by atoms with Crippen LogP contribution in [0.15, 0.2) is 11.1 Å². The maximum atomic E-state index is 12.4. The molecule has 0 saturated carbocycles. The Balaban J connectivity index is 0.00000161. The number of nitrogens with zero attached hydrogens (tertiary/aromatic N) is 2. The molecular weight excluding hydrogens is 311 g/mol. The van der Waals surface area contributed by atoms with Crippen LogP contribution in [0, 0.1) is 11.8 Å². The van der Waals surface area contributed by atoms with Gasteiger partial charge in [0.15, 0.2) is 0 Å². The molecular formula is C15H22Cl2N2O2. The van der Waals surface area contributed by atoms with Gasteiger partial charge in [-0.05, 0) is 38.8 Å². The van der Waals surface area contributed by atoms with Gasteiger partial charge in [-0.3, -0.25) is 14.5 Å². The van der Waals surface area contributed by atoms with E-state index in [2.05, 4.69) is 4.90 Å². The van der Waals surface area contributed by atoms with E-state index in [4.69, 9.17) is 11.6 Å². The number of rotatable bonds is 3. The van der Waals surface area contributed by atoms with E-state index >= 15 is 0 Å². The molecule has 0 radical (unpaired) electrons. The van der Waals surface area contributed by atoms with Crippen LogP contribution in [-0.4, -0.2) is 47.8 Å². The van der Waals surface area contributed by atoms with Crippen LogP contribution in [0.2, 0.25) is 0 Å². The lowest BCUT2D eigenvalue weighted by atomic mass is 9.85. The quantitative estimate of drug-likeness (QED) is 0.745. The lowest BCUT2D eigenvalue weighted by molar-refractivity contribution is -0.140. The molecule has 2 unspecified atom stereocenters. The number of allylic oxidation sites excluding steroid dienone is 2. The van der Waals surface area contributed by atoms with Crippen LogP contribution in [0.5, 0.6) is 0 Å². The number of carbonyl (C=O) groups is 2. The van der Waals surface area contributed by atoms with Crippen molar-refractivity contribution in [2.45, 2.75) is 32.1 Å². The maximum Gasteiger partial charge on any atom is 0.233 e. The molecule has 0 N–H and O–H groups in total. The minimum Gasteiger partial charge on any atom is -0.302 e. The monoisotopic (exact) mass is 332 g/mol. The molecule has 6 heteroatoms. The summed E-state index contributed by atoms with van der Waals surface area (Å²) in [4.78, 5) is 28.6. The third kappa shape index (κ3) is 3.43. The molecule has 118 valence electrons. The third-order valence-corrected chi connectivity index (χ3v) is 5.06. The van der Waals surface area contributed by atoms with Crippen molar-refractivity contribution in [3.63, 3.8) is 0 Å². The number of piperidine rings is 1. The zero-order valence-electron chi connectivity index (χ0n) is 12.1. The van der Waals surface area contributed by atoms with E-state index in [1.807, 2.05) is 6.08 Å². The first-order chi connectivity index (χ1) is 9.66. The van der Waals surface area contributed by atoms with E-state index in [9.17, 15) is 9.59 Å². The van der Waals surface area contributed by atoms with Crippen LogP contribution >= 0.6 is 24.0 Å². The van der Waals surface area contributed by atoms with Crippen molar-refractivity contribution in [2.24, 2.45) is 11.8 Å². The highest BCUT2D eigenvalue weighted by Crippen LogP contribution is 2.38. The Morgan fingerprint density at radius 1 is 1.05 bits per heavy atom. The van der Waals surface area contributed by atoms with Crippen molar-refractivity contribution in [3.8, 4) is 0 Å².